The number of carbonyl (C=O) groups is 2. The maximum Gasteiger partial charge on any atom is 0.306 e. The zero-order valence-electron chi connectivity index (χ0n) is 16.0. The quantitative estimate of drug-likeness (QED) is 0.793. The number of carbonyl (C=O) groups excluding carboxylic acids is 1. The van der Waals surface area contributed by atoms with Gasteiger partial charge in [-0.1, -0.05) is 31.2 Å². The smallest absolute Gasteiger partial charge is 0.306 e. The number of ether oxygens (including phenoxy) is 3. The topological polar surface area (TPSA) is 94.1 Å². The van der Waals surface area contributed by atoms with Crippen molar-refractivity contribution in [2.45, 2.75) is 32.0 Å². The summed E-state index contributed by atoms with van der Waals surface area (Å²) < 4.78 is 17.0. The van der Waals surface area contributed by atoms with E-state index in [1.807, 2.05) is 31.2 Å². The number of carboxylic acid groups (broad SMARTS) is 1. The normalized spacial score (nSPS) is 18.6. The van der Waals surface area contributed by atoms with E-state index in [0.29, 0.717) is 22.7 Å². The fourth-order valence-electron chi connectivity index (χ4n) is 3.33. The second-order valence-electron chi connectivity index (χ2n) is 6.45. The Morgan fingerprint density at radius 2 is 1.96 bits per heavy atom. The van der Waals surface area contributed by atoms with Gasteiger partial charge < -0.3 is 24.6 Å². The molecule has 1 heterocycles. The molecule has 1 amide bonds. The monoisotopic (exact) mass is 385 g/mol. The van der Waals surface area contributed by atoms with Crippen LogP contribution in [0.25, 0.3) is 0 Å². The van der Waals surface area contributed by atoms with Gasteiger partial charge in [-0.15, -0.1) is 0 Å². The highest BCUT2D eigenvalue weighted by molar-refractivity contribution is 5.97. The molecule has 0 aromatic heterocycles. The van der Waals surface area contributed by atoms with Crippen LogP contribution in [0.3, 0.4) is 0 Å². The van der Waals surface area contributed by atoms with Crippen molar-refractivity contribution in [3.63, 3.8) is 0 Å². The highest BCUT2D eigenvalue weighted by atomic mass is 16.5. The first kappa shape index (κ1) is 19.7. The fraction of sp³-hybridized carbons (Fsp3) is 0.333. The zero-order valence-corrected chi connectivity index (χ0v) is 16.0. The predicted molar refractivity (Wildman–Crippen MR) is 103 cm³/mol. The Bertz CT molecular complexity index is 894. The van der Waals surface area contributed by atoms with E-state index in [0.717, 1.165) is 17.5 Å². The lowest BCUT2D eigenvalue weighted by atomic mass is 9.96. The number of methoxy groups -OCH3 is 2. The van der Waals surface area contributed by atoms with Gasteiger partial charge in [-0.05, 0) is 24.1 Å². The molecule has 0 radical (unpaired) electrons. The second-order valence-corrected chi connectivity index (χ2v) is 6.45. The molecule has 1 aliphatic rings. The SMILES string of the molecule is CCc1ccc2c(c1)[C@H](c1cccc(OC)c1OC)O[C@@H](CC(=O)O)C(=O)N2. The summed E-state index contributed by atoms with van der Waals surface area (Å²) in [6, 6.07) is 11.1. The van der Waals surface area contributed by atoms with Crippen molar-refractivity contribution in [2.24, 2.45) is 0 Å². The van der Waals surface area contributed by atoms with E-state index >= 15 is 0 Å². The zero-order chi connectivity index (χ0) is 20.3. The van der Waals surface area contributed by atoms with Gasteiger partial charge in [0, 0.05) is 16.8 Å². The fourth-order valence-corrected chi connectivity index (χ4v) is 3.33. The first-order chi connectivity index (χ1) is 13.5. The molecule has 7 nitrogen and oxygen atoms in total. The molecule has 0 fully saturated rings. The molecule has 7 heteroatoms. The number of rotatable bonds is 6. The van der Waals surface area contributed by atoms with Crippen LogP contribution in [0.15, 0.2) is 36.4 Å². The average molecular weight is 385 g/mol. The third-order valence-corrected chi connectivity index (χ3v) is 4.73. The molecule has 3 rings (SSSR count). The van der Waals surface area contributed by atoms with Crippen molar-refractivity contribution < 1.29 is 28.9 Å². The van der Waals surface area contributed by atoms with Gasteiger partial charge in [0.1, 0.15) is 12.2 Å². The van der Waals surface area contributed by atoms with Gasteiger partial charge in [0.2, 0.25) is 0 Å². The Hall–Kier alpha value is -3.06. The minimum atomic E-state index is -1.14. The lowest BCUT2D eigenvalue weighted by molar-refractivity contribution is -0.146. The largest absolute Gasteiger partial charge is 0.493 e. The van der Waals surface area contributed by atoms with Gasteiger partial charge in [-0.3, -0.25) is 9.59 Å². The van der Waals surface area contributed by atoms with Crippen LogP contribution in [-0.4, -0.2) is 37.3 Å². The van der Waals surface area contributed by atoms with Crippen molar-refractivity contribution in [3.8, 4) is 11.5 Å². The summed E-state index contributed by atoms with van der Waals surface area (Å²) in [5, 5.41) is 12.0. The summed E-state index contributed by atoms with van der Waals surface area (Å²) >= 11 is 0. The Balaban J connectivity index is 2.18. The van der Waals surface area contributed by atoms with E-state index in [1.165, 1.54) is 14.2 Å². The van der Waals surface area contributed by atoms with Crippen LogP contribution in [-0.2, 0) is 20.7 Å². The summed E-state index contributed by atoms with van der Waals surface area (Å²) in [4.78, 5) is 23.8. The Morgan fingerprint density at radius 3 is 2.61 bits per heavy atom. The molecule has 28 heavy (non-hydrogen) atoms. The van der Waals surface area contributed by atoms with Gasteiger partial charge in [-0.25, -0.2) is 0 Å². The molecule has 2 aromatic rings. The van der Waals surface area contributed by atoms with E-state index in [1.54, 1.807) is 12.1 Å². The Labute approximate surface area is 163 Å². The van der Waals surface area contributed by atoms with Crippen LogP contribution in [0.4, 0.5) is 5.69 Å². The number of aliphatic carboxylic acids is 1. The van der Waals surface area contributed by atoms with E-state index in [4.69, 9.17) is 14.2 Å². The number of para-hydroxylation sites is 1. The summed E-state index contributed by atoms with van der Waals surface area (Å²) in [7, 11) is 3.07. The van der Waals surface area contributed by atoms with Gasteiger partial charge in [0.05, 0.1) is 20.6 Å². The number of nitrogens with one attached hydrogen (secondary N) is 1. The van der Waals surface area contributed by atoms with E-state index in [9.17, 15) is 14.7 Å². The van der Waals surface area contributed by atoms with Crippen LogP contribution in [0.1, 0.15) is 36.1 Å². The number of fused-ring (bicyclic) bond motifs is 1. The number of hydrogen-bond acceptors (Lipinski definition) is 5. The van der Waals surface area contributed by atoms with Crippen LogP contribution in [0.5, 0.6) is 11.5 Å². The number of carboxylic acids is 1. The molecule has 0 aliphatic carbocycles. The molecule has 2 N–H and O–H groups in total. The Kier molecular flexibility index (Phi) is 5.84. The molecule has 0 bridgehead atoms. The van der Waals surface area contributed by atoms with Crippen molar-refractivity contribution in [2.75, 3.05) is 19.5 Å². The van der Waals surface area contributed by atoms with Crippen molar-refractivity contribution in [1.82, 2.24) is 0 Å². The number of anilines is 1. The molecule has 0 unspecified atom stereocenters. The summed E-state index contributed by atoms with van der Waals surface area (Å²) in [5.74, 6) is -0.602. The molecule has 2 atom stereocenters. The molecular weight excluding hydrogens is 362 g/mol. The number of aryl methyl sites for hydroxylation is 1. The van der Waals surface area contributed by atoms with E-state index < -0.39 is 30.5 Å². The number of benzene rings is 2. The van der Waals surface area contributed by atoms with Crippen molar-refractivity contribution in [1.29, 1.82) is 0 Å². The summed E-state index contributed by atoms with van der Waals surface area (Å²) in [6.07, 6.45) is -1.48. The minimum Gasteiger partial charge on any atom is -0.493 e. The Morgan fingerprint density at radius 1 is 1.18 bits per heavy atom. The van der Waals surface area contributed by atoms with E-state index in [-0.39, 0.29) is 0 Å². The third kappa shape index (κ3) is 3.80. The van der Waals surface area contributed by atoms with Crippen LogP contribution in [0, 0.1) is 0 Å². The van der Waals surface area contributed by atoms with Gasteiger partial charge in [0.15, 0.2) is 11.5 Å². The predicted octanol–water partition coefficient (Wildman–Crippen LogP) is 3.17. The first-order valence-corrected chi connectivity index (χ1v) is 9.00. The first-order valence-electron chi connectivity index (χ1n) is 9.00. The lowest BCUT2D eigenvalue weighted by Crippen LogP contribution is -2.31. The van der Waals surface area contributed by atoms with E-state index in [2.05, 4.69) is 5.32 Å². The lowest BCUT2D eigenvalue weighted by Gasteiger charge is -2.24. The minimum absolute atomic E-state index is 0.441. The molecule has 0 saturated carbocycles. The highest BCUT2D eigenvalue weighted by Crippen LogP contribution is 2.43. The van der Waals surface area contributed by atoms with Crippen molar-refractivity contribution in [3.05, 3.63) is 53.1 Å². The van der Waals surface area contributed by atoms with Gasteiger partial charge >= 0.3 is 5.97 Å². The van der Waals surface area contributed by atoms with Crippen LogP contribution >= 0.6 is 0 Å². The van der Waals surface area contributed by atoms with Crippen LogP contribution in [0.2, 0.25) is 0 Å². The number of amides is 1. The molecule has 0 spiro atoms. The highest BCUT2D eigenvalue weighted by Gasteiger charge is 2.35. The molecular formula is C21H23NO6. The van der Waals surface area contributed by atoms with Crippen LogP contribution < -0.4 is 14.8 Å². The average Bonchev–Trinajstić information content (AvgIpc) is 2.82. The molecule has 0 saturated heterocycles. The maximum absolute atomic E-state index is 12.6. The second kappa shape index (κ2) is 8.31. The maximum atomic E-state index is 12.6. The van der Waals surface area contributed by atoms with Crippen molar-refractivity contribution >= 4 is 17.6 Å². The third-order valence-electron chi connectivity index (χ3n) is 4.73. The van der Waals surface area contributed by atoms with Gasteiger partial charge in [0.25, 0.3) is 5.91 Å². The molecule has 148 valence electrons. The summed E-state index contributed by atoms with van der Waals surface area (Å²) in [5.41, 5.74) is 3.06. The van der Waals surface area contributed by atoms with Gasteiger partial charge in [-0.2, -0.15) is 0 Å². The summed E-state index contributed by atoms with van der Waals surface area (Å²) in [6.45, 7) is 2.03. The number of hydrogen-bond donors (Lipinski definition) is 2. The molecule has 2 aromatic carbocycles. The standard InChI is InChI=1S/C21H23NO6/c1-4-12-8-9-15-14(10-12)19(28-17(11-18(23)24)21(25)22-15)13-6-5-7-16(26-2)20(13)27-3/h5-10,17,19H,4,11H2,1-3H3,(H,22,25)(H,23,24)/t17-,19-/m0/s1. The molecule has 1 aliphatic heterocycles.